The Morgan fingerprint density at radius 2 is 2.14 bits per heavy atom. The second-order valence-corrected chi connectivity index (χ2v) is 4.00. The smallest absolute Gasteiger partial charge is 0.316 e. The van der Waals surface area contributed by atoms with Gasteiger partial charge in [-0.25, -0.2) is 0 Å². The first kappa shape index (κ1) is 11.8. The van der Waals surface area contributed by atoms with Crippen molar-refractivity contribution in [3.8, 4) is 0 Å². The van der Waals surface area contributed by atoms with Gasteiger partial charge in [-0.15, -0.1) is 0 Å². The summed E-state index contributed by atoms with van der Waals surface area (Å²) in [7, 11) is 0. The van der Waals surface area contributed by atoms with E-state index in [1.54, 1.807) is 0 Å². The number of nitrogens with one attached hydrogen (secondary N) is 2. The Morgan fingerprint density at radius 1 is 1.43 bits per heavy atom. The summed E-state index contributed by atoms with van der Waals surface area (Å²) in [6.45, 7) is 3.35. The zero-order valence-corrected chi connectivity index (χ0v) is 8.38. The minimum absolute atomic E-state index is 0.0330. The standard InChI is InChI=1S/C9H17F3N2/c1-2-8(3-4-13-5-8)6-14-7-9(10,11)12/h13-14H,2-7H2,1H3. The van der Waals surface area contributed by atoms with Crippen LogP contribution in [0.4, 0.5) is 13.2 Å². The van der Waals surface area contributed by atoms with E-state index in [1.807, 2.05) is 6.92 Å². The lowest BCUT2D eigenvalue weighted by Crippen LogP contribution is -2.39. The van der Waals surface area contributed by atoms with Gasteiger partial charge in [0.1, 0.15) is 0 Å². The molecular weight excluding hydrogens is 193 g/mol. The van der Waals surface area contributed by atoms with Gasteiger partial charge < -0.3 is 10.6 Å². The summed E-state index contributed by atoms with van der Waals surface area (Å²) in [4.78, 5) is 0. The molecule has 0 aliphatic carbocycles. The van der Waals surface area contributed by atoms with E-state index >= 15 is 0 Å². The van der Waals surface area contributed by atoms with Crippen molar-refractivity contribution in [1.29, 1.82) is 0 Å². The van der Waals surface area contributed by atoms with Gasteiger partial charge in [0.05, 0.1) is 6.54 Å². The van der Waals surface area contributed by atoms with Crippen molar-refractivity contribution in [2.75, 3.05) is 26.2 Å². The first-order chi connectivity index (χ1) is 6.47. The second kappa shape index (κ2) is 4.49. The molecule has 1 aliphatic heterocycles. The Morgan fingerprint density at radius 3 is 2.57 bits per heavy atom. The molecule has 0 saturated carbocycles. The van der Waals surface area contributed by atoms with Crippen molar-refractivity contribution in [2.45, 2.75) is 25.9 Å². The van der Waals surface area contributed by atoms with Gasteiger partial charge in [0.2, 0.25) is 0 Å². The van der Waals surface area contributed by atoms with Gasteiger partial charge >= 0.3 is 6.18 Å². The molecule has 1 atom stereocenters. The zero-order chi connectivity index (χ0) is 10.7. The Balaban J connectivity index is 2.28. The maximum absolute atomic E-state index is 11.9. The monoisotopic (exact) mass is 210 g/mol. The number of hydrogen-bond acceptors (Lipinski definition) is 2. The van der Waals surface area contributed by atoms with E-state index in [4.69, 9.17) is 0 Å². The van der Waals surface area contributed by atoms with Crippen molar-refractivity contribution in [1.82, 2.24) is 10.6 Å². The molecule has 1 heterocycles. The normalized spacial score (nSPS) is 28.3. The topological polar surface area (TPSA) is 24.1 Å². The zero-order valence-electron chi connectivity index (χ0n) is 8.38. The van der Waals surface area contributed by atoms with Crippen molar-refractivity contribution < 1.29 is 13.2 Å². The number of halogens is 3. The molecule has 0 amide bonds. The average molecular weight is 210 g/mol. The molecule has 2 N–H and O–H groups in total. The van der Waals surface area contributed by atoms with Crippen LogP contribution in [0.15, 0.2) is 0 Å². The lowest BCUT2D eigenvalue weighted by molar-refractivity contribution is -0.125. The minimum Gasteiger partial charge on any atom is -0.316 e. The van der Waals surface area contributed by atoms with Crippen LogP contribution < -0.4 is 10.6 Å². The molecule has 0 aromatic heterocycles. The highest BCUT2D eigenvalue weighted by Gasteiger charge is 2.33. The van der Waals surface area contributed by atoms with Crippen molar-refractivity contribution >= 4 is 0 Å². The van der Waals surface area contributed by atoms with Gasteiger partial charge in [0.25, 0.3) is 0 Å². The van der Waals surface area contributed by atoms with Crippen LogP contribution in [0.3, 0.4) is 0 Å². The van der Waals surface area contributed by atoms with Crippen LogP contribution in [0.5, 0.6) is 0 Å². The summed E-state index contributed by atoms with van der Waals surface area (Å²) >= 11 is 0. The van der Waals surface area contributed by atoms with Gasteiger partial charge in [-0.3, -0.25) is 0 Å². The molecule has 1 saturated heterocycles. The van der Waals surface area contributed by atoms with Crippen LogP contribution in [-0.4, -0.2) is 32.4 Å². The van der Waals surface area contributed by atoms with Crippen LogP contribution in [0.2, 0.25) is 0 Å². The highest BCUT2D eigenvalue weighted by atomic mass is 19.4. The Labute approximate surface area is 82.2 Å². The molecule has 1 fully saturated rings. The van der Waals surface area contributed by atoms with Gasteiger partial charge in [-0.05, 0) is 24.8 Å². The average Bonchev–Trinajstić information content (AvgIpc) is 2.52. The summed E-state index contributed by atoms with van der Waals surface area (Å²) in [5, 5.41) is 5.68. The fourth-order valence-electron chi connectivity index (χ4n) is 1.84. The van der Waals surface area contributed by atoms with Gasteiger partial charge in [0, 0.05) is 13.1 Å². The number of rotatable bonds is 4. The SMILES string of the molecule is CCC1(CNCC(F)(F)F)CCNC1. The van der Waals surface area contributed by atoms with E-state index in [-0.39, 0.29) is 5.41 Å². The van der Waals surface area contributed by atoms with E-state index in [2.05, 4.69) is 10.6 Å². The molecule has 2 nitrogen and oxygen atoms in total. The fraction of sp³-hybridized carbons (Fsp3) is 1.00. The molecule has 0 aromatic rings. The third-order valence-electron chi connectivity index (χ3n) is 2.91. The molecule has 14 heavy (non-hydrogen) atoms. The quantitative estimate of drug-likeness (QED) is 0.735. The molecule has 5 heteroatoms. The van der Waals surface area contributed by atoms with Gasteiger partial charge in [0.15, 0.2) is 0 Å². The minimum atomic E-state index is -4.10. The maximum Gasteiger partial charge on any atom is 0.401 e. The molecule has 1 aliphatic rings. The highest BCUT2D eigenvalue weighted by molar-refractivity contribution is 4.88. The Hall–Kier alpha value is -0.290. The van der Waals surface area contributed by atoms with Crippen LogP contribution in [0.1, 0.15) is 19.8 Å². The Kier molecular flexibility index (Phi) is 3.78. The maximum atomic E-state index is 11.9. The van der Waals surface area contributed by atoms with E-state index in [1.165, 1.54) is 0 Å². The summed E-state index contributed by atoms with van der Waals surface area (Å²) in [6, 6.07) is 0. The van der Waals surface area contributed by atoms with E-state index in [0.29, 0.717) is 6.54 Å². The highest BCUT2D eigenvalue weighted by Crippen LogP contribution is 2.28. The molecular formula is C9H17F3N2. The van der Waals surface area contributed by atoms with E-state index < -0.39 is 12.7 Å². The number of hydrogen-bond donors (Lipinski definition) is 2. The van der Waals surface area contributed by atoms with Gasteiger partial charge in [-0.2, -0.15) is 13.2 Å². The molecule has 1 unspecified atom stereocenters. The fourth-order valence-corrected chi connectivity index (χ4v) is 1.84. The van der Waals surface area contributed by atoms with E-state index in [0.717, 1.165) is 25.9 Å². The van der Waals surface area contributed by atoms with Crippen LogP contribution in [0.25, 0.3) is 0 Å². The third kappa shape index (κ3) is 3.46. The third-order valence-corrected chi connectivity index (χ3v) is 2.91. The summed E-state index contributed by atoms with van der Waals surface area (Å²) in [5.74, 6) is 0. The van der Waals surface area contributed by atoms with Crippen molar-refractivity contribution in [2.24, 2.45) is 5.41 Å². The molecule has 0 bridgehead atoms. The Bertz CT molecular complexity index is 173. The molecule has 84 valence electrons. The largest absolute Gasteiger partial charge is 0.401 e. The predicted molar refractivity (Wildman–Crippen MR) is 49.1 cm³/mol. The summed E-state index contributed by atoms with van der Waals surface area (Å²) in [6.07, 6.45) is -2.21. The van der Waals surface area contributed by atoms with E-state index in [9.17, 15) is 13.2 Å². The first-order valence-electron chi connectivity index (χ1n) is 4.96. The van der Waals surface area contributed by atoms with Gasteiger partial charge in [-0.1, -0.05) is 6.92 Å². The van der Waals surface area contributed by atoms with Crippen LogP contribution in [-0.2, 0) is 0 Å². The molecule has 0 radical (unpaired) electrons. The molecule has 0 aromatic carbocycles. The lowest BCUT2D eigenvalue weighted by atomic mass is 9.84. The molecule has 0 spiro atoms. The number of alkyl halides is 3. The second-order valence-electron chi connectivity index (χ2n) is 4.00. The van der Waals surface area contributed by atoms with Crippen LogP contribution in [0, 0.1) is 5.41 Å². The summed E-state index contributed by atoms with van der Waals surface area (Å²) < 4.78 is 35.6. The summed E-state index contributed by atoms with van der Waals surface area (Å²) in [5.41, 5.74) is 0.0330. The first-order valence-corrected chi connectivity index (χ1v) is 4.96. The van der Waals surface area contributed by atoms with Crippen LogP contribution >= 0.6 is 0 Å². The predicted octanol–water partition coefficient (Wildman–Crippen LogP) is 1.53. The molecule has 1 rings (SSSR count). The lowest BCUT2D eigenvalue weighted by Gasteiger charge is -2.27. The van der Waals surface area contributed by atoms with Crippen molar-refractivity contribution in [3.63, 3.8) is 0 Å². The van der Waals surface area contributed by atoms with Crippen molar-refractivity contribution in [3.05, 3.63) is 0 Å².